The Bertz CT molecular complexity index is 903. The van der Waals surface area contributed by atoms with Crippen LogP contribution in [0.4, 0.5) is 14.5 Å². The summed E-state index contributed by atoms with van der Waals surface area (Å²) in [5.41, 5.74) is 0.961. The molecule has 0 aromatic heterocycles. The fourth-order valence-electron chi connectivity index (χ4n) is 2.23. The third-order valence-corrected chi connectivity index (χ3v) is 4.10. The van der Waals surface area contributed by atoms with Gasteiger partial charge in [-0.25, -0.2) is 17.2 Å². The minimum Gasteiger partial charge on any atom is -0.491 e. The van der Waals surface area contributed by atoms with Gasteiger partial charge in [-0.3, -0.25) is 4.72 Å². The molecule has 28 heavy (non-hydrogen) atoms. The molecule has 9 heteroatoms. The summed E-state index contributed by atoms with van der Waals surface area (Å²) in [7, 11) is -3.33. The van der Waals surface area contributed by atoms with Crippen LogP contribution in [0.2, 0.25) is 0 Å². The van der Waals surface area contributed by atoms with E-state index in [4.69, 9.17) is 4.74 Å². The van der Waals surface area contributed by atoms with Gasteiger partial charge >= 0.3 is 0 Å². The van der Waals surface area contributed by atoms with Crippen molar-refractivity contribution in [1.82, 2.24) is 5.32 Å². The van der Waals surface area contributed by atoms with Crippen LogP contribution in [0.5, 0.6) is 5.75 Å². The molecule has 2 rings (SSSR count). The summed E-state index contributed by atoms with van der Waals surface area (Å²) in [6.45, 7) is 0.760. The van der Waals surface area contributed by atoms with Gasteiger partial charge in [-0.15, -0.1) is 0 Å². The molecular weight excluding hydrogens is 390 g/mol. The Kier molecular flexibility index (Phi) is 7.91. The largest absolute Gasteiger partial charge is 0.491 e. The highest BCUT2D eigenvalue weighted by Crippen LogP contribution is 2.16. The summed E-state index contributed by atoms with van der Waals surface area (Å²) in [6, 6.07) is 9.94. The maximum absolute atomic E-state index is 13.1. The van der Waals surface area contributed by atoms with Crippen LogP contribution in [-0.4, -0.2) is 45.6 Å². The lowest BCUT2D eigenvalue weighted by atomic mass is 10.2. The topological polar surface area (TPSA) is 87.7 Å². The number of benzene rings is 2. The van der Waals surface area contributed by atoms with Crippen LogP contribution in [0, 0.1) is 11.6 Å². The van der Waals surface area contributed by atoms with Gasteiger partial charge in [0.25, 0.3) is 0 Å². The minimum atomic E-state index is -3.33. The molecule has 2 aromatic rings. The molecule has 0 aliphatic heterocycles. The zero-order valence-electron chi connectivity index (χ0n) is 15.2. The van der Waals surface area contributed by atoms with Gasteiger partial charge in [0.05, 0.1) is 6.26 Å². The van der Waals surface area contributed by atoms with Crippen molar-refractivity contribution in [2.24, 2.45) is 0 Å². The highest BCUT2D eigenvalue weighted by molar-refractivity contribution is 7.92. The molecule has 0 aliphatic carbocycles. The first-order valence-corrected chi connectivity index (χ1v) is 10.3. The van der Waals surface area contributed by atoms with Gasteiger partial charge in [-0.1, -0.05) is 18.2 Å². The Morgan fingerprint density at radius 1 is 1.14 bits per heavy atom. The Hall–Kier alpha value is -2.49. The van der Waals surface area contributed by atoms with Gasteiger partial charge in [0.15, 0.2) is 11.6 Å². The van der Waals surface area contributed by atoms with Crippen LogP contribution in [-0.2, 0) is 10.0 Å². The molecule has 0 radical (unpaired) electrons. The van der Waals surface area contributed by atoms with E-state index in [2.05, 4.69) is 10.0 Å². The lowest BCUT2D eigenvalue weighted by Crippen LogP contribution is -2.31. The Balaban J connectivity index is 1.67. The number of ether oxygens (including phenoxy) is 1. The Morgan fingerprint density at radius 2 is 1.86 bits per heavy atom. The van der Waals surface area contributed by atoms with E-state index in [1.54, 1.807) is 36.4 Å². The first-order chi connectivity index (χ1) is 13.2. The fraction of sp³-hybridized carbons (Fsp3) is 0.263. The number of nitrogens with one attached hydrogen (secondary N) is 2. The molecule has 6 nitrogen and oxygen atoms in total. The quantitative estimate of drug-likeness (QED) is 0.522. The molecule has 0 bridgehead atoms. The zero-order valence-corrected chi connectivity index (χ0v) is 16.0. The SMILES string of the molecule is CS(=O)(=O)Nc1ccc(OC[C@@H](O)CNCC=Cc2ccc(F)c(F)c2)cc1. The maximum atomic E-state index is 13.1. The van der Waals surface area contributed by atoms with Crippen LogP contribution in [0.3, 0.4) is 0 Å². The number of aliphatic hydroxyl groups excluding tert-OH is 1. The number of rotatable bonds is 10. The zero-order chi connectivity index (χ0) is 20.6. The first-order valence-electron chi connectivity index (χ1n) is 8.44. The summed E-state index contributed by atoms with van der Waals surface area (Å²) < 4.78 is 56.0. The van der Waals surface area contributed by atoms with Crippen molar-refractivity contribution in [3.8, 4) is 5.75 Å². The van der Waals surface area contributed by atoms with Gasteiger partial charge in [0, 0.05) is 18.8 Å². The van der Waals surface area contributed by atoms with E-state index in [1.165, 1.54) is 6.07 Å². The van der Waals surface area contributed by atoms with E-state index >= 15 is 0 Å². The Morgan fingerprint density at radius 3 is 2.50 bits per heavy atom. The lowest BCUT2D eigenvalue weighted by molar-refractivity contribution is 0.107. The van der Waals surface area contributed by atoms with Gasteiger partial charge in [-0.2, -0.15) is 0 Å². The maximum Gasteiger partial charge on any atom is 0.229 e. The molecule has 0 fully saturated rings. The number of anilines is 1. The van der Waals surface area contributed by atoms with E-state index in [0.29, 0.717) is 23.5 Å². The van der Waals surface area contributed by atoms with Crippen LogP contribution >= 0.6 is 0 Å². The van der Waals surface area contributed by atoms with E-state index in [1.807, 2.05) is 0 Å². The number of hydrogen-bond donors (Lipinski definition) is 3. The van der Waals surface area contributed by atoms with Gasteiger partial charge < -0.3 is 15.2 Å². The molecule has 0 unspecified atom stereocenters. The van der Waals surface area contributed by atoms with Gasteiger partial charge in [-0.05, 0) is 42.0 Å². The third-order valence-electron chi connectivity index (χ3n) is 3.50. The van der Waals surface area contributed by atoms with Crippen LogP contribution in [0.25, 0.3) is 6.08 Å². The lowest BCUT2D eigenvalue weighted by Gasteiger charge is -2.13. The number of halogens is 2. The summed E-state index contributed by atoms with van der Waals surface area (Å²) in [4.78, 5) is 0. The fourth-order valence-corrected chi connectivity index (χ4v) is 2.79. The molecule has 0 aliphatic rings. The van der Waals surface area contributed by atoms with Crippen molar-refractivity contribution in [2.75, 3.05) is 30.7 Å². The van der Waals surface area contributed by atoms with Crippen molar-refractivity contribution in [3.63, 3.8) is 0 Å². The van der Waals surface area contributed by atoms with E-state index in [0.717, 1.165) is 18.4 Å². The smallest absolute Gasteiger partial charge is 0.229 e. The van der Waals surface area contributed by atoms with Gasteiger partial charge in [0.2, 0.25) is 10.0 Å². The predicted molar refractivity (Wildman–Crippen MR) is 105 cm³/mol. The minimum absolute atomic E-state index is 0.0543. The number of sulfonamides is 1. The molecule has 1 atom stereocenters. The first kappa shape index (κ1) is 21.8. The van der Waals surface area contributed by atoms with Crippen molar-refractivity contribution in [1.29, 1.82) is 0 Å². The van der Waals surface area contributed by atoms with Crippen molar-refractivity contribution >= 4 is 21.8 Å². The Labute approximate surface area is 162 Å². The molecule has 152 valence electrons. The molecular formula is C19H22F2N2O4S. The van der Waals surface area contributed by atoms with Crippen molar-refractivity contribution < 1.29 is 27.0 Å². The summed E-state index contributed by atoms with van der Waals surface area (Å²) in [5.74, 6) is -1.29. The van der Waals surface area contributed by atoms with Crippen molar-refractivity contribution in [3.05, 3.63) is 65.7 Å². The van der Waals surface area contributed by atoms with E-state index in [-0.39, 0.29) is 13.2 Å². The van der Waals surface area contributed by atoms with Crippen molar-refractivity contribution in [2.45, 2.75) is 6.10 Å². The molecule has 0 spiro atoms. The molecule has 2 aromatic carbocycles. The monoisotopic (exact) mass is 412 g/mol. The predicted octanol–water partition coefficient (Wildman–Crippen LogP) is 2.38. The van der Waals surface area contributed by atoms with Crippen LogP contribution < -0.4 is 14.8 Å². The van der Waals surface area contributed by atoms with Crippen LogP contribution in [0.15, 0.2) is 48.5 Å². The summed E-state index contributed by atoms with van der Waals surface area (Å²) >= 11 is 0. The normalized spacial score (nSPS) is 12.9. The number of hydrogen-bond acceptors (Lipinski definition) is 5. The highest BCUT2D eigenvalue weighted by atomic mass is 32.2. The summed E-state index contributed by atoms with van der Waals surface area (Å²) in [6.07, 6.45) is 3.68. The number of aliphatic hydroxyl groups is 1. The molecule has 0 saturated carbocycles. The second-order valence-corrected chi connectivity index (χ2v) is 7.85. The molecule has 3 N–H and O–H groups in total. The summed E-state index contributed by atoms with van der Waals surface area (Å²) in [5, 5.41) is 12.9. The van der Waals surface area contributed by atoms with E-state index < -0.39 is 27.8 Å². The standard InChI is InChI=1S/C19H22F2N2O4S/c1-28(25,26)23-15-5-7-17(8-6-15)27-13-16(24)12-22-10-2-3-14-4-9-18(20)19(21)11-14/h2-9,11,16,22-24H,10,12-13H2,1H3/t16-/m0/s1. The second-order valence-electron chi connectivity index (χ2n) is 6.10. The molecule has 0 saturated heterocycles. The van der Waals surface area contributed by atoms with Crippen LogP contribution in [0.1, 0.15) is 5.56 Å². The highest BCUT2D eigenvalue weighted by Gasteiger charge is 2.06. The average Bonchev–Trinajstić information content (AvgIpc) is 2.62. The average molecular weight is 412 g/mol. The van der Waals surface area contributed by atoms with Gasteiger partial charge in [0.1, 0.15) is 18.5 Å². The molecule has 0 heterocycles. The van der Waals surface area contributed by atoms with E-state index in [9.17, 15) is 22.3 Å². The third kappa shape index (κ3) is 8.03. The molecule has 0 amide bonds. The second kappa shape index (κ2) is 10.2.